The largest absolute Gasteiger partial charge is 0.487 e. The number of hydrogen-bond acceptors (Lipinski definition) is 3. The van der Waals surface area contributed by atoms with Gasteiger partial charge in [-0.1, -0.05) is 31.4 Å². The average Bonchev–Trinajstić information content (AvgIpc) is 3.18. The summed E-state index contributed by atoms with van der Waals surface area (Å²) in [5.74, 6) is 0.408. The predicted molar refractivity (Wildman–Crippen MR) is 115 cm³/mol. The van der Waals surface area contributed by atoms with Gasteiger partial charge >= 0.3 is 0 Å². The van der Waals surface area contributed by atoms with Crippen molar-refractivity contribution in [3.63, 3.8) is 0 Å². The minimum absolute atomic E-state index is 0.177. The van der Waals surface area contributed by atoms with Crippen LogP contribution in [-0.4, -0.2) is 16.5 Å². The van der Waals surface area contributed by atoms with E-state index in [0.29, 0.717) is 11.3 Å². The number of halogens is 1. The van der Waals surface area contributed by atoms with Crippen molar-refractivity contribution in [3.8, 4) is 5.75 Å². The van der Waals surface area contributed by atoms with Crippen LogP contribution in [-0.2, 0) is 6.61 Å². The van der Waals surface area contributed by atoms with Crippen LogP contribution in [0.1, 0.15) is 30.2 Å². The first-order valence-electron chi connectivity index (χ1n) is 9.76. The summed E-state index contributed by atoms with van der Waals surface area (Å²) in [6.07, 6.45) is 2.87. The van der Waals surface area contributed by atoms with Crippen LogP contribution < -0.4 is 15.4 Å². The number of aromatic nitrogens is 1. The maximum atomic E-state index is 13.9. The molecule has 29 heavy (non-hydrogen) atoms. The fourth-order valence-corrected chi connectivity index (χ4v) is 3.87. The van der Waals surface area contributed by atoms with E-state index in [4.69, 9.17) is 4.74 Å². The first-order chi connectivity index (χ1) is 13.9. The highest BCUT2D eigenvalue weighted by molar-refractivity contribution is 5.70. The molecule has 2 N–H and O–H groups in total. The number of pyridine rings is 1. The Balaban J connectivity index is 1.60. The lowest BCUT2D eigenvalue weighted by Crippen LogP contribution is -2.41. The second-order valence-corrected chi connectivity index (χ2v) is 7.81. The van der Waals surface area contributed by atoms with E-state index in [9.17, 15) is 4.39 Å². The van der Waals surface area contributed by atoms with Crippen LogP contribution in [0.5, 0.6) is 5.75 Å². The number of benzene rings is 1. The lowest BCUT2D eigenvalue weighted by atomic mass is 9.97. The Morgan fingerprint density at radius 1 is 1.31 bits per heavy atom. The Labute approximate surface area is 170 Å². The van der Waals surface area contributed by atoms with Crippen LogP contribution in [0.25, 0.3) is 11.2 Å². The summed E-state index contributed by atoms with van der Waals surface area (Å²) < 4.78 is 21.8. The Morgan fingerprint density at radius 3 is 2.83 bits per heavy atom. The summed E-state index contributed by atoms with van der Waals surface area (Å²) in [7, 11) is 0. The SMILES string of the molecule is C=C(NC1(C)CCNC1=C)c1c(C)cc2ccc(OCc3ccccc3F)cn12. The van der Waals surface area contributed by atoms with Gasteiger partial charge < -0.3 is 19.8 Å². The van der Waals surface area contributed by atoms with Crippen LogP contribution >= 0.6 is 0 Å². The molecule has 150 valence electrons. The van der Waals surface area contributed by atoms with Crippen LogP contribution in [0.15, 0.2) is 67.5 Å². The molecular formula is C24H26FN3O. The van der Waals surface area contributed by atoms with E-state index in [-0.39, 0.29) is 18.0 Å². The van der Waals surface area contributed by atoms with Crippen molar-refractivity contribution in [2.24, 2.45) is 0 Å². The molecule has 4 nitrogen and oxygen atoms in total. The van der Waals surface area contributed by atoms with Crippen molar-refractivity contribution in [1.29, 1.82) is 0 Å². The average molecular weight is 391 g/mol. The van der Waals surface area contributed by atoms with Crippen LogP contribution in [0.4, 0.5) is 4.39 Å². The summed E-state index contributed by atoms with van der Waals surface area (Å²) in [6.45, 7) is 13.7. The molecule has 1 unspecified atom stereocenters. The molecular weight excluding hydrogens is 365 g/mol. The van der Waals surface area contributed by atoms with Gasteiger partial charge in [0.1, 0.15) is 18.2 Å². The lowest BCUT2D eigenvalue weighted by Gasteiger charge is -2.28. The van der Waals surface area contributed by atoms with E-state index < -0.39 is 0 Å². The van der Waals surface area contributed by atoms with E-state index in [1.807, 2.05) is 18.3 Å². The molecule has 0 amide bonds. The lowest BCUT2D eigenvalue weighted by molar-refractivity contribution is 0.298. The molecule has 0 aliphatic carbocycles. The van der Waals surface area contributed by atoms with Crippen LogP contribution in [0.2, 0.25) is 0 Å². The third-order valence-corrected chi connectivity index (χ3v) is 5.63. The zero-order chi connectivity index (χ0) is 20.6. The molecule has 4 rings (SSSR count). The topological polar surface area (TPSA) is 37.7 Å². The fourth-order valence-electron chi connectivity index (χ4n) is 3.87. The van der Waals surface area contributed by atoms with E-state index in [0.717, 1.165) is 41.1 Å². The highest BCUT2D eigenvalue weighted by atomic mass is 19.1. The summed E-state index contributed by atoms with van der Waals surface area (Å²) >= 11 is 0. The predicted octanol–water partition coefficient (Wildman–Crippen LogP) is 4.79. The molecule has 1 aromatic carbocycles. The molecule has 1 saturated heterocycles. The summed E-state index contributed by atoms with van der Waals surface area (Å²) in [5.41, 5.74) is 5.28. The second kappa shape index (κ2) is 7.32. The van der Waals surface area contributed by atoms with Crippen LogP contribution in [0.3, 0.4) is 0 Å². The first kappa shape index (κ1) is 19.1. The standard InChI is InChI=1S/C24H26FN3O/c1-16-13-20-9-10-21(29-15-19-7-5-6-8-22(19)25)14-28(20)23(16)17(2)27-24(4)11-12-26-18(24)3/h5-10,13-14,26-27H,2-3,11-12,15H2,1,4H3. The van der Waals surface area contributed by atoms with Crippen molar-refractivity contribution in [1.82, 2.24) is 15.0 Å². The number of fused-ring (bicyclic) bond motifs is 1. The van der Waals surface area contributed by atoms with Gasteiger partial charge in [0.05, 0.1) is 23.1 Å². The molecule has 1 aliphatic rings. The summed E-state index contributed by atoms with van der Waals surface area (Å²) in [5, 5.41) is 6.86. The Kier molecular flexibility index (Phi) is 4.82. The van der Waals surface area contributed by atoms with E-state index in [1.165, 1.54) is 6.07 Å². The smallest absolute Gasteiger partial charge is 0.136 e. The van der Waals surface area contributed by atoms with Crippen molar-refractivity contribution in [2.75, 3.05) is 6.54 Å². The van der Waals surface area contributed by atoms with E-state index >= 15 is 0 Å². The minimum Gasteiger partial charge on any atom is -0.487 e. The summed E-state index contributed by atoms with van der Waals surface area (Å²) in [6, 6.07) is 12.7. The number of aryl methyl sites for hydroxylation is 1. The Bertz CT molecular complexity index is 1100. The zero-order valence-electron chi connectivity index (χ0n) is 16.9. The molecule has 3 aromatic rings. The van der Waals surface area contributed by atoms with Gasteiger partial charge in [-0.25, -0.2) is 4.39 Å². The van der Waals surface area contributed by atoms with Crippen molar-refractivity contribution in [2.45, 2.75) is 32.4 Å². The Morgan fingerprint density at radius 2 is 2.10 bits per heavy atom. The molecule has 5 heteroatoms. The van der Waals surface area contributed by atoms with Gasteiger partial charge in [0.15, 0.2) is 0 Å². The fraction of sp³-hybridized carbons (Fsp3) is 0.250. The monoisotopic (exact) mass is 391 g/mol. The van der Waals surface area contributed by atoms with Crippen molar-refractivity contribution < 1.29 is 9.13 Å². The van der Waals surface area contributed by atoms with Crippen molar-refractivity contribution in [3.05, 3.63) is 90.2 Å². The van der Waals surface area contributed by atoms with Crippen LogP contribution in [0, 0.1) is 12.7 Å². The number of hydrogen-bond donors (Lipinski definition) is 2. The van der Waals surface area contributed by atoms with Gasteiger partial charge in [-0.2, -0.15) is 0 Å². The Hall–Kier alpha value is -3.21. The van der Waals surface area contributed by atoms with Crippen molar-refractivity contribution >= 4 is 11.2 Å². The first-order valence-corrected chi connectivity index (χ1v) is 9.76. The molecule has 0 bridgehead atoms. The maximum absolute atomic E-state index is 13.9. The molecule has 0 radical (unpaired) electrons. The maximum Gasteiger partial charge on any atom is 0.136 e. The van der Waals surface area contributed by atoms with E-state index in [2.05, 4.69) is 48.1 Å². The van der Waals surface area contributed by atoms with Gasteiger partial charge in [0.2, 0.25) is 0 Å². The summed E-state index contributed by atoms with van der Waals surface area (Å²) in [4.78, 5) is 0. The highest BCUT2D eigenvalue weighted by Gasteiger charge is 2.33. The third-order valence-electron chi connectivity index (χ3n) is 5.63. The van der Waals surface area contributed by atoms with Gasteiger partial charge in [0.25, 0.3) is 0 Å². The number of nitrogens with one attached hydrogen (secondary N) is 2. The second-order valence-electron chi connectivity index (χ2n) is 7.81. The minimum atomic E-state index is -0.262. The molecule has 1 aliphatic heterocycles. The zero-order valence-corrected chi connectivity index (χ0v) is 16.9. The van der Waals surface area contributed by atoms with Gasteiger partial charge in [0, 0.05) is 23.3 Å². The molecule has 0 spiro atoms. The molecule has 3 heterocycles. The highest BCUT2D eigenvalue weighted by Crippen LogP contribution is 2.29. The van der Waals surface area contributed by atoms with Gasteiger partial charge in [-0.3, -0.25) is 0 Å². The van der Waals surface area contributed by atoms with E-state index in [1.54, 1.807) is 18.2 Å². The third kappa shape index (κ3) is 3.60. The number of nitrogens with zero attached hydrogens (tertiary/aromatic N) is 1. The van der Waals surface area contributed by atoms with Gasteiger partial charge in [-0.15, -0.1) is 0 Å². The number of ether oxygens (including phenoxy) is 1. The molecule has 1 atom stereocenters. The molecule has 2 aromatic heterocycles. The van der Waals surface area contributed by atoms with Gasteiger partial charge in [-0.05, 0) is 50.1 Å². The normalized spacial score (nSPS) is 18.7. The molecule has 1 fully saturated rings. The quantitative estimate of drug-likeness (QED) is 0.634. The molecule has 0 saturated carbocycles. The number of rotatable bonds is 6.